The first-order chi connectivity index (χ1) is 4.22. The number of hydrogen-bond donors (Lipinski definition) is 2. The SMILES string of the molecule is O=S(O)c1cn[nH]c1Br. The van der Waals surface area contributed by atoms with E-state index >= 15 is 0 Å². The Labute approximate surface area is 62.1 Å². The summed E-state index contributed by atoms with van der Waals surface area (Å²) in [5.74, 6) is 0. The van der Waals surface area contributed by atoms with Crippen LogP contribution in [0.1, 0.15) is 0 Å². The number of nitrogens with zero attached hydrogens (tertiary/aromatic N) is 1. The quantitative estimate of drug-likeness (QED) is 0.673. The van der Waals surface area contributed by atoms with E-state index in [4.69, 9.17) is 4.55 Å². The Kier molecular flexibility index (Phi) is 1.99. The molecule has 9 heavy (non-hydrogen) atoms. The topological polar surface area (TPSA) is 66.0 Å². The molecule has 1 aromatic rings. The van der Waals surface area contributed by atoms with Gasteiger partial charge in [-0.25, -0.2) is 4.21 Å². The second-order valence-electron chi connectivity index (χ2n) is 1.30. The Bertz CT molecular complexity index is 235. The number of H-pyrrole nitrogens is 1. The van der Waals surface area contributed by atoms with Gasteiger partial charge in [-0.2, -0.15) is 5.10 Å². The van der Waals surface area contributed by atoms with Crippen LogP contribution in [0.4, 0.5) is 0 Å². The largest absolute Gasteiger partial charge is 0.302 e. The predicted molar refractivity (Wildman–Crippen MR) is 35.3 cm³/mol. The van der Waals surface area contributed by atoms with Gasteiger partial charge in [-0.1, -0.05) is 0 Å². The van der Waals surface area contributed by atoms with Gasteiger partial charge in [-0.05, 0) is 15.9 Å². The standard InChI is InChI=1S/C3H3BrN2O2S/c4-3-2(9(7)8)1-5-6-3/h1H,(H,5,6)(H,7,8). The van der Waals surface area contributed by atoms with Gasteiger partial charge in [-0.15, -0.1) is 0 Å². The van der Waals surface area contributed by atoms with E-state index in [0.717, 1.165) is 0 Å². The van der Waals surface area contributed by atoms with Crippen molar-refractivity contribution < 1.29 is 8.76 Å². The first-order valence-electron chi connectivity index (χ1n) is 2.01. The van der Waals surface area contributed by atoms with Gasteiger partial charge in [0.25, 0.3) is 0 Å². The normalized spacial score (nSPS) is 13.6. The molecule has 50 valence electrons. The Balaban J connectivity index is 3.08. The molecule has 1 unspecified atom stereocenters. The summed E-state index contributed by atoms with van der Waals surface area (Å²) in [5.41, 5.74) is 0. The summed E-state index contributed by atoms with van der Waals surface area (Å²) in [5, 5.41) is 5.98. The van der Waals surface area contributed by atoms with E-state index in [2.05, 4.69) is 26.1 Å². The van der Waals surface area contributed by atoms with Crippen molar-refractivity contribution in [2.45, 2.75) is 4.90 Å². The lowest BCUT2D eigenvalue weighted by molar-refractivity contribution is 0.564. The fraction of sp³-hybridized carbons (Fsp3) is 0. The average Bonchev–Trinajstić information content (AvgIpc) is 2.13. The number of aromatic amines is 1. The van der Waals surface area contributed by atoms with Crippen molar-refractivity contribution in [1.82, 2.24) is 10.2 Å². The Morgan fingerprint density at radius 2 is 2.56 bits per heavy atom. The molecule has 2 N–H and O–H groups in total. The van der Waals surface area contributed by atoms with Crippen LogP contribution in [0.25, 0.3) is 0 Å². The highest BCUT2D eigenvalue weighted by molar-refractivity contribution is 9.10. The molecule has 0 fully saturated rings. The lowest BCUT2D eigenvalue weighted by atomic mass is 10.7. The fourth-order valence-electron chi connectivity index (χ4n) is 0.381. The lowest BCUT2D eigenvalue weighted by Gasteiger charge is -1.84. The molecular formula is C3H3BrN2O2S. The molecule has 6 heteroatoms. The average molecular weight is 211 g/mol. The highest BCUT2D eigenvalue weighted by Crippen LogP contribution is 2.14. The van der Waals surface area contributed by atoms with Gasteiger partial charge in [0.2, 0.25) is 0 Å². The minimum atomic E-state index is -1.95. The van der Waals surface area contributed by atoms with Crippen molar-refractivity contribution in [3.8, 4) is 0 Å². The Hall–Kier alpha value is -0.200. The van der Waals surface area contributed by atoms with Crippen molar-refractivity contribution in [1.29, 1.82) is 0 Å². The Morgan fingerprint density at radius 1 is 1.89 bits per heavy atom. The third-order valence-corrected chi connectivity index (χ3v) is 2.30. The smallest absolute Gasteiger partial charge is 0.190 e. The molecule has 1 atom stereocenters. The third-order valence-electron chi connectivity index (χ3n) is 0.749. The van der Waals surface area contributed by atoms with Gasteiger partial charge in [-0.3, -0.25) is 5.10 Å². The summed E-state index contributed by atoms with van der Waals surface area (Å²) in [6, 6.07) is 0. The number of nitrogens with one attached hydrogen (secondary N) is 1. The van der Waals surface area contributed by atoms with Crippen molar-refractivity contribution >= 4 is 27.0 Å². The van der Waals surface area contributed by atoms with Crippen LogP contribution in [0.3, 0.4) is 0 Å². The van der Waals surface area contributed by atoms with Gasteiger partial charge in [0, 0.05) is 0 Å². The zero-order valence-corrected chi connectivity index (χ0v) is 6.57. The lowest BCUT2D eigenvalue weighted by Crippen LogP contribution is -1.84. The summed E-state index contributed by atoms with van der Waals surface area (Å²) in [6.45, 7) is 0. The minimum absolute atomic E-state index is 0.259. The highest BCUT2D eigenvalue weighted by Gasteiger charge is 2.05. The van der Waals surface area contributed by atoms with Gasteiger partial charge < -0.3 is 4.55 Å². The molecule has 0 aromatic carbocycles. The molecule has 0 bridgehead atoms. The van der Waals surface area contributed by atoms with Crippen LogP contribution < -0.4 is 0 Å². The van der Waals surface area contributed by atoms with Crippen LogP contribution >= 0.6 is 15.9 Å². The second kappa shape index (κ2) is 2.59. The van der Waals surface area contributed by atoms with Crippen LogP contribution in [0.2, 0.25) is 0 Å². The Morgan fingerprint density at radius 3 is 2.78 bits per heavy atom. The number of hydrogen-bond acceptors (Lipinski definition) is 2. The third kappa shape index (κ3) is 1.38. The van der Waals surface area contributed by atoms with E-state index in [1.807, 2.05) is 0 Å². The monoisotopic (exact) mass is 210 g/mol. The number of rotatable bonds is 1. The molecule has 1 heterocycles. The molecule has 4 nitrogen and oxygen atoms in total. The summed E-state index contributed by atoms with van der Waals surface area (Å²) in [6.07, 6.45) is 1.29. The van der Waals surface area contributed by atoms with Gasteiger partial charge in [0.15, 0.2) is 11.1 Å². The van der Waals surface area contributed by atoms with Crippen molar-refractivity contribution in [2.75, 3.05) is 0 Å². The first-order valence-corrected chi connectivity index (χ1v) is 3.91. The van der Waals surface area contributed by atoms with Gasteiger partial charge >= 0.3 is 0 Å². The van der Waals surface area contributed by atoms with Crippen molar-refractivity contribution in [3.05, 3.63) is 10.8 Å². The molecule has 1 aromatic heterocycles. The molecule has 0 spiro atoms. The fourth-order valence-corrected chi connectivity index (χ4v) is 1.34. The van der Waals surface area contributed by atoms with Crippen LogP contribution in [0.5, 0.6) is 0 Å². The summed E-state index contributed by atoms with van der Waals surface area (Å²) in [7, 11) is 0. The zero-order valence-electron chi connectivity index (χ0n) is 4.17. The maximum Gasteiger partial charge on any atom is 0.190 e. The molecule has 0 aliphatic carbocycles. The molecule has 0 aliphatic rings. The van der Waals surface area contributed by atoms with E-state index in [1.165, 1.54) is 6.20 Å². The molecule has 1 rings (SSSR count). The van der Waals surface area contributed by atoms with Crippen LogP contribution in [0.15, 0.2) is 15.7 Å². The molecule has 0 aliphatic heterocycles. The van der Waals surface area contributed by atoms with Gasteiger partial charge in [0.05, 0.1) is 6.20 Å². The van der Waals surface area contributed by atoms with Gasteiger partial charge in [0.1, 0.15) is 9.50 Å². The van der Waals surface area contributed by atoms with E-state index < -0.39 is 11.1 Å². The van der Waals surface area contributed by atoms with Crippen LogP contribution in [-0.2, 0) is 11.1 Å². The van der Waals surface area contributed by atoms with E-state index in [1.54, 1.807) is 0 Å². The predicted octanol–water partition coefficient (Wildman–Crippen LogP) is 0.753. The minimum Gasteiger partial charge on any atom is -0.302 e. The van der Waals surface area contributed by atoms with E-state index in [9.17, 15) is 4.21 Å². The molecule has 0 radical (unpaired) electrons. The summed E-state index contributed by atoms with van der Waals surface area (Å²) in [4.78, 5) is 0.259. The van der Waals surface area contributed by atoms with E-state index in [0.29, 0.717) is 4.60 Å². The second-order valence-corrected chi connectivity index (χ2v) is 3.03. The summed E-state index contributed by atoms with van der Waals surface area (Å²) < 4.78 is 19.2. The first kappa shape index (κ1) is 6.91. The maximum absolute atomic E-state index is 10.3. The van der Waals surface area contributed by atoms with Crippen LogP contribution in [-0.4, -0.2) is 19.0 Å². The van der Waals surface area contributed by atoms with Crippen molar-refractivity contribution in [2.24, 2.45) is 0 Å². The number of halogens is 1. The molecule has 0 saturated heterocycles. The van der Waals surface area contributed by atoms with Crippen LogP contribution in [0, 0.1) is 0 Å². The zero-order chi connectivity index (χ0) is 6.85. The van der Waals surface area contributed by atoms with E-state index in [-0.39, 0.29) is 4.90 Å². The molecular weight excluding hydrogens is 208 g/mol. The maximum atomic E-state index is 10.3. The molecule has 0 saturated carbocycles. The molecule has 0 amide bonds. The highest BCUT2D eigenvalue weighted by atomic mass is 79.9. The van der Waals surface area contributed by atoms with Crippen molar-refractivity contribution in [3.63, 3.8) is 0 Å². The number of aromatic nitrogens is 2. The summed E-state index contributed by atoms with van der Waals surface area (Å²) >= 11 is 1.05.